The Morgan fingerprint density at radius 3 is 2.62 bits per heavy atom. The smallest absolute Gasteiger partial charge is 0.252 e. The Morgan fingerprint density at radius 1 is 1.15 bits per heavy atom. The van der Waals surface area contributed by atoms with Gasteiger partial charge in [0.2, 0.25) is 10.0 Å². The molecule has 0 radical (unpaired) electrons. The zero-order valence-electron chi connectivity index (χ0n) is 15.3. The van der Waals surface area contributed by atoms with Crippen molar-refractivity contribution in [3.63, 3.8) is 0 Å². The van der Waals surface area contributed by atoms with Crippen LogP contribution >= 0.6 is 0 Å². The van der Waals surface area contributed by atoms with Crippen molar-refractivity contribution in [2.45, 2.75) is 37.1 Å². The summed E-state index contributed by atoms with van der Waals surface area (Å²) < 4.78 is 25.9. The first-order valence-corrected chi connectivity index (χ1v) is 10.2. The van der Waals surface area contributed by atoms with Gasteiger partial charge in [-0.05, 0) is 55.0 Å². The number of carbonyl (C=O) groups excluding carboxylic acids is 1. The van der Waals surface area contributed by atoms with Crippen LogP contribution in [-0.2, 0) is 16.4 Å². The number of sulfonamides is 1. The lowest BCUT2D eigenvalue weighted by atomic mass is 9.87. The third kappa shape index (κ3) is 3.52. The Labute approximate surface area is 155 Å². The van der Waals surface area contributed by atoms with Crippen molar-refractivity contribution in [3.8, 4) is 0 Å². The molecule has 0 unspecified atom stereocenters. The maximum atomic E-state index is 12.9. The zero-order valence-corrected chi connectivity index (χ0v) is 16.1. The molecule has 0 spiro atoms. The molecule has 2 aromatic carbocycles. The minimum absolute atomic E-state index is 0.0408. The van der Waals surface area contributed by atoms with Gasteiger partial charge in [-0.1, -0.05) is 30.3 Å². The van der Waals surface area contributed by atoms with Crippen molar-refractivity contribution in [1.29, 1.82) is 0 Å². The number of carbonyl (C=O) groups is 1. The lowest BCUT2D eigenvalue weighted by molar-refractivity contribution is 0.0932. The summed E-state index contributed by atoms with van der Waals surface area (Å²) in [6.07, 6.45) is 2.94. The first kappa shape index (κ1) is 18.6. The average molecular weight is 372 g/mol. The van der Waals surface area contributed by atoms with Crippen LogP contribution in [0.4, 0.5) is 0 Å². The van der Waals surface area contributed by atoms with Crippen LogP contribution in [0.1, 0.15) is 45.9 Å². The van der Waals surface area contributed by atoms with Gasteiger partial charge in [-0.25, -0.2) is 12.7 Å². The van der Waals surface area contributed by atoms with E-state index in [2.05, 4.69) is 17.4 Å². The Hall–Kier alpha value is -2.18. The highest BCUT2D eigenvalue weighted by Gasteiger charge is 2.24. The van der Waals surface area contributed by atoms with Crippen LogP contribution in [0.25, 0.3) is 0 Å². The minimum atomic E-state index is -3.58. The normalized spacial score (nSPS) is 17.0. The topological polar surface area (TPSA) is 66.5 Å². The highest BCUT2D eigenvalue weighted by atomic mass is 32.2. The minimum Gasteiger partial charge on any atom is -0.345 e. The monoisotopic (exact) mass is 372 g/mol. The molecule has 0 saturated carbocycles. The van der Waals surface area contributed by atoms with Gasteiger partial charge in [0.05, 0.1) is 10.9 Å². The maximum absolute atomic E-state index is 12.9. The predicted octanol–water partition coefficient (Wildman–Crippen LogP) is 3.05. The molecule has 2 aromatic rings. The summed E-state index contributed by atoms with van der Waals surface area (Å²) >= 11 is 0. The van der Waals surface area contributed by atoms with Gasteiger partial charge >= 0.3 is 0 Å². The molecule has 6 heteroatoms. The van der Waals surface area contributed by atoms with Crippen LogP contribution in [0.3, 0.4) is 0 Å². The van der Waals surface area contributed by atoms with E-state index >= 15 is 0 Å². The highest BCUT2D eigenvalue weighted by molar-refractivity contribution is 7.89. The summed E-state index contributed by atoms with van der Waals surface area (Å²) in [4.78, 5) is 13.0. The predicted molar refractivity (Wildman–Crippen MR) is 102 cm³/mol. The van der Waals surface area contributed by atoms with Crippen molar-refractivity contribution in [1.82, 2.24) is 9.62 Å². The lowest BCUT2D eigenvalue weighted by Gasteiger charge is -2.26. The molecule has 26 heavy (non-hydrogen) atoms. The first-order valence-electron chi connectivity index (χ1n) is 8.72. The van der Waals surface area contributed by atoms with E-state index in [4.69, 9.17) is 0 Å². The number of nitrogens with one attached hydrogen (secondary N) is 1. The van der Waals surface area contributed by atoms with Gasteiger partial charge in [0.1, 0.15) is 0 Å². The molecule has 1 amide bonds. The second-order valence-electron chi connectivity index (χ2n) is 6.88. The van der Waals surface area contributed by atoms with E-state index in [-0.39, 0.29) is 16.8 Å². The van der Waals surface area contributed by atoms with Crippen molar-refractivity contribution >= 4 is 15.9 Å². The number of rotatable bonds is 4. The molecular weight excluding hydrogens is 348 g/mol. The molecular formula is C20H24N2O3S. The molecule has 0 aromatic heterocycles. The van der Waals surface area contributed by atoms with Crippen LogP contribution in [0.15, 0.2) is 47.4 Å². The van der Waals surface area contributed by atoms with Gasteiger partial charge in [0, 0.05) is 19.7 Å². The molecule has 0 fully saturated rings. The van der Waals surface area contributed by atoms with E-state index in [0.29, 0.717) is 5.56 Å². The standard InChI is InChI=1S/C20H24N2O3S/c1-14-11-12-16(26(24,25)22(2)3)13-18(14)20(23)21-19-10-6-8-15-7-4-5-9-17(15)19/h4-5,7,9,11-13,19H,6,8,10H2,1-3H3,(H,21,23)/t19-/m1/s1. The van der Waals surface area contributed by atoms with E-state index < -0.39 is 10.0 Å². The lowest BCUT2D eigenvalue weighted by Crippen LogP contribution is -2.31. The van der Waals surface area contributed by atoms with Crippen LogP contribution in [0, 0.1) is 6.92 Å². The molecule has 0 heterocycles. The Kier molecular flexibility index (Phi) is 5.16. The Bertz CT molecular complexity index is 936. The summed E-state index contributed by atoms with van der Waals surface area (Å²) in [6.45, 7) is 1.82. The number of benzene rings is 2. The second-order valence-corrected chi connectivity index (χ2v) is 9.03. The number of nitrogens with zero attached hydrogens (tertiary/aromatic N) is 1. The fourth-order valence-electron chi connectivity index (χ4n) is 3.36. The number of hydrogen-bond acceptors (Lipinski definition) is 3. The molecule has 1 atom stereocenters. The van der Waals surface area contributed by atoms with E-state index in [1.165, 1.54) is 31.8 Å². The van der Waals surface area contributed by atoms with Gasteiger partial charge < -0.3 is 5.32 Å². The zero-order chi connectivity index (χ0) is 18.9. The van der Waals surface area contributed by atoms with E-state index in [1.54, 1.807) is 6.07 Å². The van der Waals surface area contributed by atoms with E-state index in [0.717, 1.165) is 34.7 Å². The maximum Gasteiger partial charge on any atom is 0.252 e. The number of amides is 1. The summed E-state index contributed by atoms with van der Waals surface area (Å²) in [7, 11) is -0.618. The van der Waals surface area contributed by atoms with Crippen LogP contribution in [0.5, 0.6) is 0 Å². The molecule has 1 aliphatic carbocycles. The van der Waals surface area contributed by atoms with Crippen LogP contribution in [0.2, 0.25) is 0 Å². The van der Waals surface area contributed by atoms with Gasteiger partial charge in [-0.2, -0.15) is 0 Å². The SMILES string of the molecule is Cc1ccc(S(=O)(=O)N(C)C)cc1C(=O)N[C@@H]1CCCc2ccccc21. The third-order valence-electron chi connectivity index (χ3n) is 4.91. The number of aryl methyl sites for hydroxylation is 2. The largest absolute Gasteiger partial charge is 0.345 e. The van der Waals surface area contributed by atoms with Gasteiger partial charge in [-0.15, -0.1) is 0 Å². The third-order valence-corrected chi connectivity index (χ3v) is 6.72. The van der Waals surface area contributed by atoms with Gasteiger partial charge in [0.25, 0.3) is 5.91 Å². The molecule has 0 aliphatic heterocycles. The fourth-order valence-corrected chi connectivity index (χ4v) is 4.29. The Morgan fingerprint density at radius 2 is 1.88 bits per heavy atom. The van der Waals surface area contributed by atoms with Crippen molar-refractivity contribution in [3.05, 3.63) is 64.7 Å². The van der Waals surface area contributed by atoms with E-state index in [1.807, 2.05) is 19.1 Å². The van der Waals surface area contributed by atoms with Crippen LogP contribution in [-0.4, -0.2) is 32.7 Å². The summed E-state index contributed by atoms with van der Waals surface area (Å²) in [5, 5.41) is 3.09. The summed E-state index contributed by atoms with van der Waals surface area (Å²) in [5.74, 6) is -0.236. The number of hydrogen-bond donors (Lipinski definition) is 1. The molecule has 3 rings (SSSR count). The molecule has 138 valence electrons. The molecule has 1 aliphatic rings. The Balaban J connectivity index is 1.90. The average Bonchev–Trinajstić information content (AvgIpc) is 2.62. The molecule has 0 saturated heterocycles. The molecule has 5 nitrogen and oxygen atoms in total. The fraction of sp³-hybridized carbons (Fsp3) is 0.350. The van der Waals surface area contributed by atoms with E-state index in [9.17, 15) is 13.2 Å². The molecule has 1 N–H and O–H groups in total. The van der Waals surface area contributed by atoms with Crippen LogP contribution < -0.4 is 5.32 Å². The second kappa shape index (κ2) is 7.21. The molecule has 0 bridgehead atoms. The van der Waals surface area contributed by atoms with Crippen molar-refractivity contribution in [2.24, 2.45) is 0 Å². The van der Waals surface area contributed by atoms with Crippen molar-refractivity contribution in [2.75, 3.05) is 14.1 Å². The quantitative estimate of drug-likeness (QED) is 0.897. The first-order chi connectivity index (χ1) is 12.3. The van der Waals surface area contributed by atoms with Gasteiger partial charge in [-0.3, -0.25) is 4.79 Å². The highest BCUT2D eigenvalue weighted by Crippen LogP contribution is 2.30. The van der Waals surface area contributed by atoms with Gasteiger partial charge in [0.15, 0.2) is 0 Å². The summed E-state index contributed by atoms with van der Waals surface area (Å²) in [5.41, 5.74) is 3.58. The summed E-state index contributed by atoms with van der Waals surface area (Å²) in [6, 6.07) is 12.8. The number of fused-ring (bicyclic) bond motifs is 1. The van der Waals surface area contributed by atoms with Crippen molar-refractivity contribution < 1.29 is 13.2 Å².